The molecular weight excluding hydrogens is 436 g/mol. The van der Waals surface area contributed by atoms with Gasteiger partial charge < -0.3 is 0 Å². The predicted molar refractivity (Wildman–Crippen MR) is 108 cm³/mol. The number of hydrogen-bond acceptors (Lipinski definition) is 4. The summed E-state index contributed by atoms with van der Waals surface area (Å²) in [6, 6.07) is 0. The maximum absolute atomic E-state index is 10.9. The van der Waals surface area contributed by atoms with Crippen molar-refractivity contribution in [2.24, 2.45) is 0 Å². The molecule has 0 unspecified atom stereocenters. The first-order valence-corrected chi connectivity index (χ1v) is 18.2. The molecule has 3 aliphatic rings. The molecule has 0 aromatic carbocycles. The molecule has 0 heterocycles. The van der Waals surface area contributed by atoms with Crippen LogP contribution in [0.3, 0.4) is 0 Å². The summed E-state index contributed by atoms with van der Waals surface area (Å²) < 4.78 is 34.3. The van der Waals surface area contributed by atoms with E-state index < -0.39 is 30.3 Å². The monoisotopic (exact) mass is 476 g/mol. The molecule has 0 saturated heterocycles. The van der Waals surface area contributed by atoms with E-state index in [-0.39, 0.29) is 0 Å². The summed E-state index contributed by atoms with van der Waals surface area (Å²) in [7, 11) is -2.31. The topological polar surface area (TPSA) is 58.9 Å². The zero-order valence-corrected chi connectivity index (χ0v) is 20.9. The average Bonchev–Trinajstić information content (AvgIpc) is 2.72. The fraction of sp³-hybridized carbons (Fsp3) is 1.00. The molecule has 0 bridgehead atoms. The molecule has 0 radical (unpaired) electrons. The molecule has 158 valence electrons. The molecule has 3 saturated carbocycles. The molecule has 0 aromatic heterocycles. The van der Waals surface area contributed by atoms with E-state index in [4.69, 9.17) is 5.32 Å². The second kappa shape index (κ2) is 10.8. The van der Waals surface area contributed by atoms with E-state index in [0.29, 0.717) is 23.2 Å². The van der Waals surface area contributed by atoms with Crippen LogP contribution in [0.15, 0.2) is 0 Å². The first-order chi connectivity index (χ1) is 13.1. The summed E-state index contributed by atoms with van der Waals surface area (Å²) in [5.74, 6) is 0. The molecule has 0 aliphatic heterocycles. The van der Waals surface area contributed by atoms with E-state index in [1.807, 2.05) is 6.92 Å². The Morgan fingerprint density at radius 1 is 0.704 bits per heavy atom. The summed E-state index contributed by atoms with van der Waals surface area (Å²) in [5, 5.41) is 0. The van der Waals surface area contributed by atoms with Gasteiger partial charge >= 0.3 is 175 Å². The van der Waals surface area contributed by atoms with Crippen LogP contribution in [0.2, 0.25) is 16.6 Å². The van der Waals surface area contributed by atoms with Crippen LogP contribution in [-0.4, -0.2) is 21.3 Å². The number of rotatable bonds is 8. The van der Waals surface area contributed by atoms with Gasteiger partial charge in [0.05, 0.1) is 0 Å². The Labute approximate surface area is 174 Å². The van der Waals surface area contributed by atoms with Gasteiger partial charge in [-0.25, -0.2) is 0 Å². The Hall–Kier alpha value is 0.940. The van der Waals surface area contributed by atoms with Crippen molar-refractivity contribution in [3.8, 4) is 0 Å². The third kappa shape index (κ3) is 5.76. The fourth-order valence-electron chi connectivity index (χ4n) is 6.41. The van der Waals surface area contributed by atoms with Crippen LogP contribution in [0.25, 0.3) is 0 Å². The third-order valence-corrected chi connectivity index (χ3v) is 19.7. The van der Waals surface area contributed by atoms with E-state index in [0.717, 1.165) is 6.42 Å². The van der Waals surface area contributed by atoms with E-state index in [1.54, 1.807) is 0 Å². The summed E-state index contributed by atoms with van der Waals surface area (Å²) in [4.78, 5) is 0. The van der Waals surface area contributed by atoms with Crippen LogP contribution in [-0.2, 0) is 27.3 Å². The zero-order valence-electron chi connectivity index (χ0n) is 17.5. The second-order valence-corrected chi connectivity index (χ2v) is 18.6. The van der Waals surface area contributed by atoms with Crippen LogP contribution in [0, 0.1) is 0 Å². The first-order valence-electron chi connectivity index (χ1n) is 11.9. The molecule has 3 fully saturated rings. The Kier molecular flexibility index (Phi) is 9.06. The van der Waals surface area contributed by atoms with Gasteiger partial charge in [-0.3, -0.25) is 0 Å². The fourth-order valence-corrected chi connectivity index (χ4v) is 22.0. The molecule has 0 amide bonds. The minimum absolute atomic E-state index is 0.424. The van der Waals surface area contributed by atoms with E-state index in [2.05, 4.69) is 0 Å². The van der Waals surface area contributed by atoms with E-state index in [1.165, 1.54) is 96.3 Å². The van der Waals surface area contributed by atoms with Crippen molar-refractivity contribution in [3.05, 3.63) is 0 Å². The van der Waals surface area contributed by atoms with Gasteiger partial charge in [0, 0.05) is 0 Å². The third-order valence-electron chi connectivity index (χ3n) is 7.53. The first kappa shape index (κ1) is 22.6. The quantitative estimate of drug-likeness (QED) is 0.410. The van der Waals surface area contributed by atoms with Crippen LogP contribution in [0.4, 0.5) is 0 Å². The van der Waals surface area contributed by atoms with Crippen molar-refractivity contribution in [2.45, 2.75) is 126 Å². The Morgan fingerprint density at radius 3 is 1.41 bits per heavy atom. The van der Waals surface area contributed by atoms with Gasteiger partial charge in [-0.1, -0.05) is 0 Å². The zero-order chi connectivity index (χ0) is 19.2. The van der Waals surface area contributed by atoms with Crippen LogP contribution in [0.1, 0.15) is 110 Å². The van der Waals surface area contributed by atoms with Crippen molar-refractivity contribution in [1.82, 2.24) is 0 Å². The maximum atomic E-state index is 10.9. The van der Waals surface area contributed by atoms with E-state index in [9.17, 15) is 6.37 Å². The SMILES string of the molecule is CCC[O][Zr]([OH])([OH])[O][Si](C1CCCCC1)(C1CCCCC1)C1CCCCC1. The Balaban J connectivity index is 1.93. The summed E-state index contributed by atoms with van der Waals surface area (Å²) >= 11 is -4.90. The molecular formula is C21H42O4SiZr. The van der Waals surface area contributed by atoms with Gasteiger partial charge in [0.2, 0.25) is 0 Å². The van der Waals surface area contributed by atoms with Crippen molar-refractivity contribution in [1.29, 1.82) is 0 Å². The van der Waals surface area contributed by atoms with Gasteiger partial charge in [0.1, 0.15) is 0 Å². The van der Waals surface area contributed by atoms with Crippen LogP contribution in [0.5, 0.6) is 0 Å². The predicted octanol–water partition coefficient (Wildman–Crippen LogP) is 6.18. The van der Waals surface area contributed by atoms with Crippen molar-refractivity contribution in [2.75, 3.05) is 6.61 Å². The van der Waals surface area contributed by atoms with Crippen LogP contribution < -0.4 is 0 Å². The van der Waals surface area contributed by atoms with Crippen molar-refractivity contribution in [3.63, 3.8) is 0 Å². The van der Waals surface area contributed by atoms with Gasteiger partial charge in [-0.15, -0.1) is 0 Å². The molecule has 27 heavy (non-hydrogen) atoms. The second-order valence-electron chi connectivity index (χ2n) is 9.36. The summed E-state index contributed by atoms with van der Waals surface area (Å²) in [5.41, 5.74) is 1.87. The molecule has 2 N–H and O–H groups in total. The standard InChI is InChI=1S/C18H33OSi.C3H7O.2H2O.Zr/c19-20(16-10-4-1-5-11-16,17-12-6-2-7-13-17)18-14-8-3-9-15-18;1-2-3-4;;;/h16-18H,1-15H2;2-3H2,1H3;2*1H2;/q2*-1;;;+4/p-2. The Morgan fingerprint density at radius 2 is 1.07 bits per heavy atom. The van der Waals surface area contributed by atoms with Gasteiger partial charge in [0.25, 0.3) is 0 Å². The summed E-state index contributed by atoms with van der Waals surface area (Å²) in [6.07, 6.45) is 20.2. The molecule has 0 aromatic rings. The molecule has 3 aliphatic carbocycles. The van der Waals surface area contributed by atoms with Gasteiger partial charge in [-0.05, 0) is 0 Å². The van der Waals surface area contributed by atoms with E-state index >= 15 is 0 Å². The number of hydrogen-bond donors (Lipinski definition) is 2. The molecule has 0 spiro atoms. The average molecular weight is 478 g/mol. The van der Waals surface area contributed by atoms with Gasteiger partial charge in [0.15, 0.2) is 0 Å². The van der Waals surface area contributed by atoms with Gasteiger partial charge in [-0.2, -0.15) is 0 Å². The van der Waals surface area contributed by atoms with Crippen LogP contribution >= 0.6 is 0 Å². The molecule has 3 rings (SSSR count). The molecule has 4 nitrogen and oxygen atoms in total. The molecule has 6 heteroatoms. The summed E-state index contributed by atoms with van der Waals surface area (Å²) in [6.45, 7) is 2.45. The minimum atomic E-state index is -4.90. The normalized spacial score (nSPS) is 25.0. The Bertz CT molecular complexity index is 384. The van der Waals surface area contributed by atoms with Crippen molar-refractivity contribution < 1.29 is 33.7 Å². The van der Waals surface area contributed by atoms with Crippen molar-refractivity contribution >= 4 is 8.32 Å². The molecule has 0 atom stereocenters.